The summed E-state index contributed by atoms with van der Waals surface area (Å²) in [6.45, 7) is 1.34. The molecule has 0 aliphatic carbocycles. The molecule has 82 valence electrons. The summed E-state index contributed by atoms with van der Waals surface area (Å²) in [7, 11) is 0. The Morgan fingerprint density at radius 1 is 1.43 bits per heavy atom. The first-order chi connectivity index (χ1) is 6.50. The van der Waals surface area contributed by atoms with Gasteiger partial charge in [-0.1, -0.05) is 6.92 Å². The predicted octanol–water partition coefficient (Wildman–Crippen LogP) is -2.11. The van der Waals surface area contributed by atoms with Gasteiger partial charge in [-0.05, 0) is 6.42 Å². The van der Waals surface area contributed by atoms with Gasteiger partial charge in [0.2, 0.25) is 5.79 Å². The fourth-order valence-electron chi connectivity index (χ4n) is 2.08. The third-order valence-corrected chi connectivity index (χ3v) is 2.98. The smallest absolute Gasteiger partial charge is 0.225 e. The number of hydrogen-bond acceptors (Lipinski definition) is 6. The van der Waals surface area contributed by atoms with Gasteiger partial charge >= 0.3 is 0 Å². The van der Waals surface area contributed by atoms with Crippen LogP contribution < -0.4 is 5.73 Å². The van der Waals surface area contributed by atoms with Crippen molar-refractivity contribution in [3.05, 3.63) is 0 Å². The molecule has 3 heterocycles. The topological polar surface area (TPSA) is 105 Å². The first-order valence-corrected chi connectivity index (χ1v) is 4.64. The highest BCUT2D eigenvalue weighted by molar-refractivity contribution is 5.13. The fourth-order valence-corrected chi connectivity index (χ4v) is 2.08. The van der Waals surface area contributed by atoms with E-state index in [1.807, 2.05) is 6.92 Å². The second-order valence-electron chi connectivity index (χ2n) is 3.84. The van der Waals surface area contributed by atoms with Crippen molar-refractivity contribution in [3.8, 4) is 0 Å². The van der Waals surface area contributed by atoms with Gasteiger partial charge < -0.3 is 24.8 Å². The van der Waals surface area contributed by atoms with E-state index in [0.717, 1.165) is 0 Å². The van der Waals surface area contributed by atoms with Gasteiger partial charge in [-0.3, -0.25) is 5.73 Å². The molecule has 6 heteroatoms. The van der Waals surface area contributed by atoms with Crippen LogP contribution in [0.4, 0.5) is 0 Å². The molecule has 3 aliphatic heterocycles. The van der Waals surface area contributed by atoms with Gasteiger partial charge in [-0.25, -0.2) is 0 Å². The Bertz CT molecular complexity index is 238. The van der Waals surface area contributed by atoms with Crippen LogP contribution in [0, 0.1) is 0 Å². The highest BCUT2D eigenvalue weighted by Crippen LogP contribution is 2.48. The van der Waals surface area contributed by atoms with E-state index in [9.17, 15) is 10.2 Å². The Morgan fingerprint density at radius 3 is 2.50 bits per heavy atom. The molecule has 5 atom stereocenters. The Hall–Kier alpha value is -0.240. The molecule has 0 aromatic carbocycles. The predicted molar refractivity (Wildman–Crippen MR) is 45.0 cm³/mol. The standard InChI is InChI=1S/C8H15NO5/c1-2-4-5(11)8(9)6(12)7(3-10,13-4)14-8/h4-6,10-12H,2-3,9H2,1H3/t4-,5+,6+,7?,8?/m0/s1. The average molecular weight is 205 g/mol. The van der Waals surface area contributed by atoms with Crippen LogP contribution in [0.15, 0.2) is 0 Å². The van der Waals surface area contributed by atoms with E-state index in [0.29, 0.717) is 6.42 Å². The lowest BCUT2D eigenvalue weighted by atomic mass is 9.80. The maximum Gasteiger partial charge on any atom is 0.225 e. The number of ether oxygens (including phenoxy) is 2. The van der Waals surface area contributed by atoms with Crippen molar-refractivity contribution in [2.45, 2.75) is 43.2 Å². The normalized spacial score (nSPS) is 56.8. The molecular weight excluding hydrogens is 190 g/mol. The molecule has 5 N–H and O–H groups in total. The number of nitrogens with two attached hydrogens (primary N) is 1. The lowest BCUT2D eigenvalue weighted by Gasteiger charge is -2.64. The van der Waals surface area contributed by atoms with Gasteiger partial charge in [0.15, 0.2) is 11.8 Å². The van der Waals surface area contributed by atoms with Crippen LogP contribution >= 0.6 is 0 Å². The van der Waals surface area contributed by atoms with Crippen molar-refractivity contribution in [1.82, 2.24) is 0 Å². The summed E-state index contributed by atoms with van der Waals surface area (Å²) >= 11 is 0. The van der Waals surface area contributed by atoms with E-state index >= 15 is 0 Å². The molecule has 3 fully saturated rings. The molecule has 0 spiro atoms. The zero-order valence-corrected chi connectivity index (χ0v) is 7.88. The summed E-state index contributed by atoms with van der Waals surface area (Å²) in [5, 5.41) is 28.3. The molecule has 2 bridgehead atoms. The van der Waals surface area contributed by atoms with Crippen molar-refractivity contribution in [2.24, 2.45) is 5.73 Å². The van der Waals surface area contributed by atoms with Gasteiger partial charge in [0.1, 0.15) is 12.7 Å². The number of fused-ring (bicyclic) bond motifs is 2. The quantitative estimate of drug-likeness (QED) is 0.411. The first-order valence-electron chi connectivity index (χ1n) is 4.64. The Labute approximate surface area is 81.2 Å². The zero-order valence-electron chi connectivity index (χ0n) is 7.88. The van der Waals surface area contributed by atoms with E-state index in [-0.39, 0.29) is 0 Å². The van der Waals surface area contributed by atoms with E-state index < -0.39 is 36.4 Å². The van der Waals surface area contributed by atoms with E-state index in [4.69, 9.17) is 20.3 Å². The van der Waals surface area contributed by atoms with E-state index in [2.05, 4.69) is 0 Å². The van der Waals surface area contributed by atoms with Gasteiger partial charge in [0.05, 0.1) is 6.10 Å². The van der Waals surface area contributed by atoms with Crippen molar-refractivity contribution in [3.63, 3.8) is 0 Å². The summed E-state index contributed by atoms with van der Waals surface area (Å²) < 4.78 is 10.3. The molecule has 14 heavy (non-hydrogen) atoms. The van der Waals surface area contributed by atoms with E-state index in [1.165, 1.54) is 0 Å². The van der Waals surface area contributed by atoms with Gasteiger partial charge in [0.25, 0.3) is 0 Å². The minimum atomic E-state index is -1.50. The molecule has 6 nitrogen and oxygen atoms in total. The number of hydrogen-bond donors (Lipinski definition) is 4. The first kappa shape index (κ1) is 10.3. The van der Waals surface area contributed by atoms with Crippen molar-refractivity contribution in [2.75, 3.05) is 6.61 Å². The largest absolute Gasteiger partial charge is 0.391 e. The van der Waals surface area contributed by atoms with Crippen LogP contribution in [-0.2, 0) is 9.47 Å². The molecule has 0 aromatic heterocycles. The number of aliphatic hydroxyl groups excluding tert-OH is 3. The minimum absolute atomic E-state index is 0.476. The molecule has 0 saturated carbocycles. The van der Waals surface area contributed by atoms with Gasteiger partial charge in [0, 0.05) is 0 Å². The summed E-state index contributed by atoms with van der Waals surface area (Å²) in [6, 6.07) is 0. The van der Waals surface area contributed by atoms with Crippen molar-refractivity contribution < 1.29 is 24.8 Å². The Morgan fingerprint density at radius 2 is 2.07 bits per heavy atom. The maximum absolute atomic E-state index is 9.70. The van der Waals surface area contributed by atoms with Crippen LogP contribution in [0.25, 0.3) is 0 Å². The number of aliphatic hydroxyl groups is 3. The van der Waals surface area contributed by atoms with Gasteiger partial charge in [-0.15, -0.1) is 0 Å². The second-order valence-corrected chi connectivity index (χ2v) is 3.84. The lowest BCUT2D eigenvalue weighted by molar-refractivity contribution is -0.512. The van der Waals surface area contributed by atoms with Gasteiger partial charge in [-0.2, -0.15) is 0 Å². The van der Waals surface area contributed by atoms with E-state index in [1.54, 1.807) is 0 Å². The summed E-state index contributed by atoms with van der Waals surface area (Å²) in [4.78, 5) is 0. The van der Waals surface area contributed by atoms with Crippen LogP contribution in [0.2, 0.25) is 0 Å². The average Bonchev–Trinajstić information content (AvgIpc) is 2.21. The van der Waals surface area contributed by atoms with Crippen LogP contribution in [-0.4, -0.2) is 51.8 Å². The number of rotatable bonds is 2. The highest BCUT2D eigenvalue weighted by Gasteiger charge is 2.73. The molecule has 3 rings (SSSR count). The van der Waals surface area contributed by atoms with Crippen molar-refractivity contribution >= 4 is 0 Å². The Kier molecular flexibility index (Phi) is 2.11. The monoisotopic (exact) mass is 205 g/mol. The molecule has 2 unspecified atom stereocenters. The lowest BCUT2D eigenvalue weighted by Crippen LogP contribution is -2.88. The summed E-state index contributed by atoms with van der Waals surface area (Å²) in [6.07, 6.45) is -2.24. The molecule has 3 saturated heterocycles. The summed E-state index contributed by atoms with van der Waals surface area (Å²) in [5.41, 5.74) is 4.15. The van der Waals surface area contributed by atoms with Crippen molar-refractivity contribution in [1.29, 1.82) is 0 Å². The molecular formula is C8H15NO5. The minimum Gasteiger partial charge on any atom is -0.391 e. The van der Waals surface area contributed by atoms with Crippen LogP contribution in [0.5, 0.6) is 0 Å². The summed E-state index contributed by atoms with van der Waals surface area (Å²) in [5.74, 6) is -1.44. The highest BCUT2D eigenvalue weighted by atomic mass is 16.8. The SMILES string of the molecule is CC[C@@H]1OC2(CO)OC(N)([C@@H]1O)[C@@H]2O. The Balaban J connectivity index is 2.24. The zero-order chi connectivity index (χ0) is 10.6. The van der Waals surface area contributed by atoms with Crippen LogP contribution in [0.1, 0.15) is 13.3 Å². The van der Waals surface area contributed by atoms with Crippen LogP contribution in [0.3, 0.4) is 0 Å². The maximum atomic E-state index is 9.70. The molecule has 0 radical (unpaired) electrons. The fraction of sp³-hybridized carbons (Fsp3) is 1.00. The molecule has 0 aromatic rings. The second kappa shape index (κ2) is 2.88. The third kappa shape index (κ3) is 0.955. The molecule has 3 aliphatic rings. The third-order valence-electron chi connectivity index (χ3n) is 2.98. The molecule has 0 amide bonds.